The van der Waals surface area contributed by atoms with Gasteiger partial charge in [0.25, 0.3) is 5.91 Å². The summed E-state index contributed by atoms with van der Waals surface area (Å²) in [5.41, 5.74) is -0.710. The number of alkyl halides is 1. The van der Waals surface area contributed by atoms with E-state index in [4.69, 9.17) is 5.11 Å². The van der Waals surface area contributed by atoms with E-state index in [0.717, 1.165) is 40.1 Å². The number of nitrogens with zero attached hydrogens (tertiary/aromatic N) is 3. The van der Waals surface area contributed by atoms with Crippen LogP contribution in [0.4, 0.5) is 4.39 Å². The second-order valence-corrected chi connectivity index (χ2v) is 7.92. The zero-order chi connectivity index (χ0) is 17.9. The summed E-state index contributed by atoms with van der Waals surface area (Å²) < 4.78 is 14.3. The standard InChI is InChI=1S/C17H18FN3O3S/c1-8-11-9(2)19-13(10-3-4-10)20-14(11)25-12(8)15(22)21-6-5-17(18,7-21)16(23)24/h10H,3-7H2,1-2H3,(H,23,24). The van der Waals surface area contributed by atoms with E-state index in [1.165, 1.54) is 16.2 Å². The van der Waals surface area contributed by atoms with E-state index in [9.17, 15) is 14.0 Å². The van der Waals surface area contributed by atoms with E-state index in [-0.39, 0.29) is 18.9 Å². The van der Waals surface area contributed by atoms with Crippen LogP contribution in [0.25, 0.3) is 10.2 Å². The monoisotopic (exact) mass is 363 g/mol. The molecule has 3 heterocycles. The Morgan fingerprint density at radius 2 is 2.04 bits per heavy atom. The first-order valence-electron chi connectivity index (χ1n) is 8.29. The van der Waals surface area contributed by atoms with Gasteiger partial charge in [-0.15, -0.1) is 11.3 Å². The molecule has 2 aromatic rings. The zero-order valence-corrected chi connectivity index (χ0v) is 14.8. The summed E-state index contributed by atoms with van der Waals surface area (Å²) in [4.78, 5) is 35.6. The molecule has 2 aromatic heterocycles. The summed E-state index contributed by atoms with van der Waals surface area (Å²) in [6.45, 7) is 3.45. The number of fused-ring (bicyclic) bond motifs is 1. The van der Waals surface area contributed by atoms with Gasteiger partial charge in [0.05, 0.1) is 17.1 Å². The third-order valence-electron chi connectivity index (χ3n) is 5.02. The van der Waals surface area contributed by atoms with E-state index < -0.39 is 18.2 Å². The van der Waals surface area contributed by atoms with Crippen molar-refractivity contribution in [1.29, 1.82) is 0 Å². The van der Waals surface area contributed by atoms with E-state index in [2.05, 4.69) is 9.97 Å². The molecule has 1 aliphatic carbocycles. The fourth-order valence-corrected chi connectivity index (χ4v) is 4.56. The maximum absolute atomic E-state index is 14.3. The van der Waals surface area contributed by atoms with E-state index >= 15 is 0 Å². The number of carbonyl (C=O) groups is 2. The molecule has 1 unspecified atom stereocenters. The Balaban J connectivity index is 1.69. The van der Waals surface area contributed by atoms with Gasteiger partial charge in [0.15, 0.2) is 0 Å². The Labute approximate surface area is 147 Å². The topological polar surface area (TPSA) is 83.4 Å². The molecule has 8 heteroatoms. The summed E-state index contributed by atoms with van der Waals surface area (Å²) in [5.74, 6) is -0.577. The lowest BCUT2D eigenvalue weighted by molar-refractivity contribution is -0.149. The number of likely N-dealkylation sites (tertiary alicyclic amines) is 1. The molecule has 132 valence electrons. The Morgan fingerprint density at radius 1 is 1.32 bits per heavy atom. The number of hydrogen-bond acceptors (Lipinski definition) is 5. The third kappa shape index (κ3) is 2.59. The first kappa shape index (κ1) is 16.4. The molecular formula is C17H18FN3O3S. The lowest BCUT2D eigenvalue weighted by Crippen LogP contribution is -2.38. The molecule has 0 aromatic carbocycles. The molecule has 1 atom stereocenters. The number of amides is 1. The normalized spacial score (nSPS) is 23.4. The van der Waals surface area contributed by atoms with Gasteiger partial charge in [-0.1, -0.05) is 0 Å². The van der Waals surface area contributed by atoms with E-state index in [1.54, 1.807) is 0 Å². The van der Waals surface area contributed by atoms with Gasteiger partial charge in [-0.05, 0) is 32.3 Å². The molecule has 0 bridgehead atoms. The first-order chi connectivity index (χ1) is 11.8. The number of hydrogen-bond donors (Lipinski definition) is 1. The predicted molar refractivity (Wildman–Crippen MR) is 90.9 cm³/mol. The summed E-state index contributed by atoms with van der Waals surface area (Å²) >= 11 is 1.29. The van der Waals surface area contributed by atoms with Crippen LogP contribution in [0.5, 0.6) is 0 Å². The van der Waals surface area contributed by atoms with Gasteiger partial charge >= 0.3 is 5.97 Å². The minimum absolute atomic E-state index is 0.104. The molecule has 25 heavy (non-hydrogen) atoms. The lowest BCUT2D eigenvalue weighted by Gasteiger charge is -2.17. The molecule has 2 fully saturated rings. The average molecular weight is 363 g/mol. The van der Waals surface area contributed by atoms with Crippen LogP contribution in [-0.4, -0.2) is 50.6 Å². The number of carboxylic acid groups (broad SMARTS) is 1. The average Bonchev–Trinajstić information content (AvgIpc) is 3.25. The fraction of sp³-hybridized carbons (Fsp3) is 0.529. The van der Waals surface area contributed by atoms with Crippen LogP contribution in [0.3, 0.4) is 0 Å². The van der Waals surface area contributed by atoms with Gasteiger partial charge in [-0.2, -0.15) is 0 Å². The van der Waals surface area contributed by atoms with Crippen molar-refractivity contribution in [1.82, 2.24) is 14.9 Å². The van der Waals surface area contributed by atoms with Crippen LogP contribution in [-0.2, 0) is 4.79 Å². The molecular weight excluding hydrogens is 345 g/mol. The molecule has 0 radical (unpaired) electrons. The number of aliphatic carboxylic acids is 1. The third-order valence-corrected chi connectivity index (χ3v) is 6.19. The largest absolute Gasteiger partial charge is 0.479 e. The number of halogens is 1. The first-order valence-corrected chi connectivity index (χ1v) is 9.11. The smallest absolute Gasteiger partial charge is 0.343 e. The SMILES string of the molecule is Cc1nc(C2CC2)nc2sc(C(=O)N3CCC(F)(C(=O)O)C3)c(C)c12. The lowest BCUT2D eigenvalue weighted by atomic mass is 10.1. The molecule has 1 aliphatic heterocycles. The van der Waals surface area contributed by atoms with Crippen LogP contribution >= 0.6 is 11.3 Å². The Bertz CT molecular complexity index is 908. The van der Waals surface area contributed by atoms with Crippen molar-refractivity contribution >= 4 is 33.4 Å². The molecule has 1 amide bonds. The highest BCUT2D eigenvalue weighted by Gasteiger charge is 2.47. The highest BCUT2D eigenvalue weighted by molar-refractivity contribution is 7.20. The Kier molecular flexibility index (Phi) is 3.57. The summed E-state index contributed by atoms with van der Waals surface area (Å²) in [5, 5.41) is 9.88. The number of carboxylic acids is 1. The van der Waals surface area contributed by atoms with Crippen molar-refractivity contribution in [3.63, 3.8) is 0 Å². The quantitative estimate of drug-likeness (QED) is 0.907. The second-order valence-electron chi connectivity index (χ2n) is 6.92. The Morgan fingerprint density at radius 3 is 2.64 bits per heavy atom. The van der Waals surface area contributed by atoms with Gasteiger partial charge in [0.2, 0.25) is 5.67 Å². The van der Waals surface area contributed by atoms with Crippen molar-refractivity contribution in [2.24, 2.45) is 0 Å². The molecule has 1 saturated carbocycles. The highest BCUT2D eigenvalue weighted by atomic mass is 32.1. The van der Waals surface area contributed by atoms with Crippen LogP contribution in [0.15, 0.2) is 0 Å². The highest BCUT2D eigenvalue weighted by Crippen LogP contribution is 2.41. The molecule has 0 spiro atoms. The van der Waals surface area contributed by atoms with Gasteiger partial charge in [-0.25, -0.2) is 19.2 Å². The van der Waals surface area contributed by atoms with Crippen LogP contribution in [0, 0.1) is 13.8 Å². The van der Waals surface area contributed by atoms with Crippen molar-refractivity contribution in [3.05, 3.63) is 22.0 Å². The maximum atomic E-state index is 14.3. The maximum Gasteiger partial charge on any atom is 0.343 e. The second kappa shape index (κ2) is 5.45. The van der Waals surface area contributed by atoms with Crippen molar-refractivity contribution < 1.29 is 19.1 Å². The van der Waals surface area contributed by atoms with Gasteiger partial charge < -0.3 is 10.0 Å². The van der Waals surface area contributed by atoms with Crippen LogP contribution in [0.2, 0.25) is 0 Å². The summed E-state index contributed by atoms with van der Waals surface area (Å²) in [6.07, 6.45) is 2.02. The van der Waals surface area contributed by atoms with E-state index in [1.807, 2.05) is 13.8 Å². The number of aryl methyl sites for hydroxylation is 2. The van der Waals surface area contributed by atoms with Crippen LogP contribution in [0.1, 0.15) is 51.9 Å². The number of thiophene rings is 1. The number of aromatic nitrogens is 2. The van der Waals surface area contributed by atoms with Crippen molar-refractivity contribution in [2.75, 3.05) is 13.1 Å². The number of rotatable bonds is 3. The van der Waals surface area contributed by atoms with Crippen LogP contribution < -0.4 is 0 Å². The van der Waals surface area contributed by atoms with E-state index in [0.29, 0.717) is 10.8 Å². The molecule has 2 aliphatic rings. The summed E-state index contributed by atoms with van der Waals surface area (Å²) in [6, 6.07) is 0. The zero-order valence-electron chi connectivity index (χ0n) is 14.0. The minimum atomic E-state index is -2.35. The van der Waals surface area contributed by atoms with Gasteiger partial charge in [-0.3, -0.25) is 4.79 Å². The molecule has 6 nitrogen and oxygen atoms in total. The van der Waals surface area contributed by atoms with Crippen molar-refractivity contribution in [3.8, 4) is 0 Å². The molecule has 4 rings (SSSR count). The number of carbonyl (C=O) groups excluding carboxylic acids is 1. The Hall–Kier alpha value is -2.09. The fourth-order valence-electron chi connectivity index (χ4n) is 3.35. The van der Waals surface area contributed by atoms with Crippen molar-refractivity contribution in [2.45, 2.75) is 44.7 Å². The van der Waals surface area contributed by atoms with Gasteiger partial charge in [0.1, 0.15) is 10.7 Å². The summed E-state index contributed by atoms with van der Waals surface area (Å²) in [7, 11) is 0. The molecule has 1 saturated heterocycles. The van der Waals surface area contributed by atoms with Gasteiger partial charge in [0, 0.05) is 24.3 Å². The minimum Gasteiger partial charge on any atom is -0.479 e. The predicted octanol–water partition coefficient (Wildman–Crippen LogP) is 2.82. The molecule has 1 N–H and O–H groups in total.